The average molecular weight is 420 g/mol. The number of esters is 1. The van der Waals surface area contributed by atoms with Gasteiger partial charge in [-0.25, -0.2) is 4.98 Å². The molecule has 0 saturated heterocycles. The van der Waals surface area contributed by atoms with Crippen LogP contribution in [0.4, 0.5) is 5.69 Å². The van der Waals surface area contributed by atoms with E-state index in [9.17, 15) is 14.4 Å². The molecule has 0 radical (unpaired) electrons. The van der Waals surface area contributed by atoms with Gasteiger partial charge in [0.15, 0.2) is 6.61 Å². The van der Waals surface area contributed by atoms with E-state index >= 15 is 0 Å². The molecular formula is C19H15Cl2N3O4. The Bertz CT molecular complexity index is 1130. The van der Waals surface area contributed by atoms with Crippen LogP contribution in [0.2, 0.25) is 10.0 Å². The number of nitrogens with one attached hydrogen (secondary N) is 1. The number of ether oxygens (including phenoxy) is 1. The Morgan fingerprint density at radius 1 is 1.14 bits per heavy atom. The van der Waals surface area contributed by atoms with E-state index in [0.717, 1.165) is 5.56 Å². The van der Waals surface area contributed by atoms with Crippen molar-refractivity contribution in [3.05, 3.63) is 68.7 Å². The molecule has 7 nitrogen and oxygen atoms in total. The average Bonchev–Trinajstić information content (AvgIpc) is 2.65. The lowest BCUT2D eigenvalue weighted by molar-refractivity contribution is -0.144. The number of halogens is 2. The first kappa shape index (κ1) is 19.9. The first-order valence-corrected chi connectivity index (χ1v) is 8.95. The third-order valence-corrected chi connectivity index (χ3v) is 4.59. The van der Waals surface area contributed by atoms with Crippen molar-refractivity contribution >= 4 is 51.7 Å². The fourth-order valence-electron chi connectivity index (χ4n) is 2.55. The van der Waals surface area contributed by atoms with Gasteiger partial charge in [-0.1, -0.05) is 29.3 Å². The van der Waals surface area contributed by atoms with Crippen molar-refractivity contribution in [3.63, 3.8) is 0 Å². The van der Waals surface area contributed by atoms with Crippen LogP contribution in [0, 0.1) is 0 Å². The zero-order valence-electron chi connectivity index (χ0n) is 14.7. The Hall–Kier alpha value is -2.90. The minimum absolute atomic E-state index is 0.228. The summed E-state index contributed by atoms with van der Waals surface area (Å²) in [5, 5.41) is 3.84. The number of hydrogen-bond acceptors (Lipinski definition) is 5. The van der Waals surface area contributed by atoms with Crippen LogP contribution < -0.4 is 10.9 Å². The molecule has 0 aliphatic heterocycles. The summed E-state index contributed by atoms with van der Waals surface area (Å²) in [6.45, 7) is 1.13. The van der Waals surface area contributed by atoms with Crippen molar-refractivity contribution < 1.29 is 14.3 Å². The molecule has 1 amide bonds. The van der Waals surface area contributed by atoms with E-state index in [1.807, 2.05) is 0 Å². The molecular weight excluding hydrogens is 405 g/mol. The van der Waals surface area contributed by atoms with Crippen molar-refractivity contribution in [1.82, 2.24) is 9.55 Å². The molecule has 0 spiro atoms. The molecule has 0 unspecified atom stereocenters. The van der Waals surface area contributed by atoms with E-state index in [1.54, 1.807) is 36.4 Å². The van der Waals surface area contributed by atoms with Crippen LogP contribution in [-0.2, 0) is 20.9 Å². The first-order valence-electron chi connectivity index (χ1n) is 8.20. The van der Waals surface area contributed by atoms with Gasteiger partial charge in [0.2, 0.25) is 0 Å². The SMILES string of the molecule is CC(=O)OCC(=O)Nc1ccc2c(=O)n(Cc3ccc(Cl)c(Cl)c3)cnc2c1. The molecule has 1 N–H and O–H groups in total. The van der Waals surface area contributed by atoms with Crippen LogP contribution in [0.3, 0.4) is 0 Å². The number of carbonyl (C=O) groups is 2. The summed E-state index contributed by atoms with van der Waals surface area (Å²) in [7, 11) is 0. The highest BCUT2D eigenvalue weighted by atomic mass is 35.5. The van der Waals surface area contributed by atoms with Crippen LogP contribution in [-0.4, -0.2) is 28.0 Å². The number of aromatic nitrogens is 2. The van der Waals surface area contributed by atoms with Crippen molar-refractivity contribution in [2.24, 2.45) is 0 Å². The second-order valence-corrected chi connectivity index (χ2v) is 6.80. The summed E-state index contributed by atoms with van der Waals surface area (Å²) in [4.78, 5) is 39.5. The van der Waals surface area contributed by atoms with Crippen molar-refractivity contribution in [3.8, 4) is 0 Å². The van der Waals surface area contributed by atoms with Gasteiger partial charge < -0.3 is 10.1 Å². The minimum atomic E-state index is -0.544. The molecule has 0 bridgehead atoms. The van der Waals surface area contributed by atoms with Gasteiger partial charge in [-0.05, 0) is 35.9 Å². The Kier molecular flexibility index (Phi) is 5.96. The largest absolute Gasteiger partial charge is 0.456 e. The number of rotatable bonds is 5. The normalized spacial score (nSPS) is 10.7. The van der Waals surface area contributed by atoms with Gasteiger partial charge in [-0.3, -0.25) is 19.0 Å². The fraction of sp³-hybridized carbons (Fsp3) is 0.158. The Morgan fingerprint density at radius 2 is 1.93 bits per heavy atom. The quantitative estimate of drug-likeness (QED) is 0.640. The number of anilines is 1. The van der Waals surface area contributed by atoms with E-state index in [2.05, 4.69) is 15.0 Å². The highest BCUT2D eigenvalue weighted by molar-refractivity contribution is 6.42. The first-order chi connectivity index (χ1) is 13.3. The lowest BCUT2D eigenvalue weighted by Crippen LogP contribution is -2.22. The molecule has 0 atom stereocenters. The summed E-state index contributed by atoms with van der Waals surface area (Å²) in [6.07, 6.45) is 1.43. The zero-order chi connectivity index (χ0) is 20.3. The number of nitrogens with zero attached hydrogens (tertiary/aromatic N) is 2. The van der Waals surface area contributed by atoms with Gasteiger partial charge in [0.1, 0.15) is 0 Å². The Balaban J connectivity index is 1.82. The van der Waals surface area contributed by atoms with Crippen LogP contribution in [0.1, 0.15) is 12.5 Å². The molecule has 3 rings (SSSR count). The number of fused-ring (bicyclic) bond motifs is 1. The summed E-state index contributed by atoms with van der Waals surface area (Å²) in [6, 6.07) is 9.89. The fourth-order valence-corrected chi connectivity index (χ4v) is 2.87. The maximum atomic E-state index is 12.7. The monoisotopic (exact) mass is 419 g/mol. The second-order valence-electron chi connectivity index (χ2n) is 5.99. The maximum absolute atomic E-state index is 12.7. The summed E-state index contributed by atoms with van der Waals surface area (Å²) in [5.74, 6) is -1.03. The molecule has 0 saturated carbocycles. The molecule has 144 valence electrons. The molecule has 1 aromatic heterocycles. The number of carbonyl (C=O) groups excluding carboxylic acids is 2. The second kappa shape index (κ2) is 8.41. The van der Waals surface area contributed by atoms with Crippen molar-refractivity contribution in [2.75, 3.05) is 11.9 Å². The predicted octanol–water partition coefficient (Wildman–Crippen LogP) is 3.25. The zero-order valence-corrected chi connectivity index (χ0v) is 16.3. The lowest BCUT2D eigenvalue weighted by Gasteiger charge is -2.09. The predicted molar refractivity (Wildman–Crippen MR) is 107 cm³/mol. The molecule has 0 aliphatic rings. The summed E-state index contributed by atoms with van der Waals surface area (Å²) < 4.78 is 6.09. The topological polar surface area (TPSA) is 90.3 Å². The van der Waals surface area contributed by atoms with Crippen LogP contribution in [0.5, 0.6) is 0 Å². The van der Waals surface area contributed by atoms with Crippen LogP contribution in [0.25, 0.3) is 10.9 Å². The molecule has 1 heterocycles. The molecule has 3 aromatic rings. The van der Waals surface area contributed by atoms with Gasteiger partial charge >= 0.3 is 5.97 Å². The molecule has 2 aromatic carbocycles. The number of benzene rings is 2. The molecule has 28 heavy (non-hydrogen) atoms. The van der Waals surface area contributed by atoms with Gasteiger partial charge in [0, 0.05) is 12.6 Å². The summed E-state index contributed by atoms with van der Waals surface area (Å²) >= 11 is 11.9. The van der Waals surface area contributed by atoms with Gasteiger partial charge in [0.25, 0.3) is 11.5 Å². The Morgan fingerprint density at radius 3 is 2.64 bits per heavy atom. The van der Waals surface area contributed by atoms with E-state index in [0.29, 0.717) is 33.2 Å². The van der Waals surface area contributed by atoms with Gasteiger partial charge in [-0.15, -0.1) is 0 Å². The highest BCUT2D eigenvalue weighted by Gasteiger charge is 2.09. The van der Waals surface area contributed by atoms with E-state index in [4.69, 9.17) is 23.2 Å². The van der Waals surface area contributed by atoms with Crippen LogP contribution >= 0.6 is 23.2 Å². The summed E-state index contributed by atoms with van der Waals surface area (Å²) in [5.41, 5.74) is 1.46. The minimum Gasteiger partial charge on any atom is -0.456 e. The van der Waals surface area contributed by atoms with Crippen LogP contribution in [0.15, 0.2) is 47.5 Å². The third-order valence-electron chi connectivity index (χ3n) is 3.85. The highest BCUT2D eigenvalue weighted by Crippen LogP contribution is 2.23. The molecule has 9 heteroatoms. The molecule has 0 fully saturated rings. The van der Waals surface area contributed by atoms with Crippen molar-refractivity contribution in [2.45, 2.75) is 13.5 Å². The van der Waals surface area contributed by atoms with Gasteiger partial charge in [-0.2, -0.15) is 0 Å². The van der Waals surface area contributed by atoms with E-state index in [1.165, 1.54) is 17.8 Å². The number of amides is 1. The Labute approximate surface area is 169 Å². The molecule has 0 aliphatic carbocycles. The van der Waals surface area contributed by atoms with E-state index in [-0.39, 0.29) is 12.2 Å². The smallest absolute Gasteiger partial charge is 0.303 e. The maximum Gasteiger partial charge on any atom is 0.303 e. The van der Waals surface area contributed by atoms with E-state index < -0.39 is 11.9 Å². The number of hydrogen-bond donors (Lipinski definition) is 1. The van der Waals surface area contributed by atoms with Crippen molar-refractivity contribution in [1.29, 1.82) is 0 Å². The third kappa shape index (κ3) is 4.68. The van der Waals surface area contributed by atoms with Gasteiger partial charge in [0.05, 0.1) is 33.8 Å². The lowest BCUT2D eigenvalue weighted by atomic mass is 10.2. The standard InChI is InChI=1S/C19H15Cl2N3O4/c1-11(25)28-9-18(26)23-13-3-4-14-17(7-13)22-10-24(19(14)27)8-12-2-5-15(20)16(21)6-12/h2-7,10H,8-9H2,1H3,(H,23,26).